The summed E-state index contributed by atoms with van der Waals surface area (Å²) in [5, 5.41) is 7.29. The molecular formula is C14H18BrN5O2. The van der Waals surface area contributed by atoms with Gasteiger partial charge in [0.05, 0.1) is 36.6 Å². The van der Waals surface area contributed by atoms with Gasteiger partial charge in [-0.1, -0.05) is 0 Å². The van der Waals surface area contributed by atoms with Gasteiger partial charge in [0, 0.05) is 19.3 Å². The van der Waals surface area contributed by atoms with Crippen LogP contribution in [0.4, 0.5) is 5.69 Å². The number of aryl methyl sites for hydroxylation is 1. The smallest absolute Gasteiger partial charge is 0.193 e. The van der Waals surface area contributed by atoms with E-state index < -0.39 is 0 Å². The maximum atomic E-state index is 5.92. The molecule has 1 heterocycles. The molecule has 0 amide bonds. The first-order valence-electron chi connectivity index (χ1n) is 6.50. The zero-order valence-corrected chi connectivity index (χ0v) is 14.2. The van der Waals surface area contributed by atoms with Crippen LogP contribution < -0.4 is 20.5 Å². The summed E-state index contributed by atoms with van der Waals surface area (Å²) in [5.74, 6) is 1.62. The van der Waals surface area contributed by atoms with Gasteiger partial charge < -0.3 is 20.5 Å². The van der Waals surface area contributed by atoms with Crippen LogP contribution in [0, 0.1) is 0 Å². The number of hydrogen-bond donors (Lipinski definition) is 2. The number of aliphatic imine (C=N–C) groups is 1. The Balaban J connectivity index is 2.12. The van der Waals surface area contributed by atoms with Gasteiger partial charge in [-0.3, -0.25) is 4.68 Å². The van der Waals surface area contributed by atoms with E-state index in [1.165, 1.54) is 0 Å². The monoisotopic (exact) mass is 367 g/mol. The molecule has 8 heteroatoms. The molecule has 0 bridgehead atoms. The fourth-order valence-corrected chi connectivity index (χ4v) is 2.36. The van der Waals surface area contributed by atoms with Crippen molar-refractivity contribution in [2.75, 3.05) is 19.5 Å². The summed E-state index contributed by atoms with van der Waals surface area (Å²) in [6.45, 7) is 0.368. The molecule has 0 spiro atoms. The second-order valence-corrected chi connectivity index (χ2v) is 5.34. The Kier molecular flexibility index (Phi) is 5.26. The summed E-state index contributed by atoms with van der Waals surface area (Å²) in [6, 6.07) is 5.39. The highest BCUT2D eigenvalue weighted by molar-refractivity contribution is 9.10. The Morgan fingerprint density at radius 3 is 2.77 bits per heavy atom. The molecule has 2 rings (SSSR count). The van der Waals surface area contributed by atoms with Crippen LogP contribution in [0.5, 0.6) is 11.5 Å². The zero-order valence-electron chi connectivity index (χ0n) is 12.6. The average Bonchev–Trinajstić information content (AvgIpc) is 2.83. The zero-order chi connectivity index (χ0) is 16.1. The van der Waals surface area contributed by atoms with Crippen molar-refractivity contribution in [1.82, 2.24) is 9.78 Å². The number of methoxy groups -OCH3 is 2. The molecule has 0 aliphatic heterocycles. The van der Waals surface area contributed by atoms with Gasteiger partial charge in [-0.15, -0.1) is 0 Å². The van der Waals surface area contributed by atoms with Crippen LogP contribution in [0.1, 0.15) is 5.69 Å². The van der Waals surface area contributed by atoms with Crippen LogP contribution in [0.3, 0.4) is 0 Å². The number of hydrogen-bond acceptors (Lipinski definition) is 4. The van der Waals surface area contributed by atoms with Gasteiger partial charge >= 0.3 is 0 Å². The number of aromatic nitrogens is 2. The number of ether oxygens (including phenoxy) is 2. The molecule has 0 unspecified atom stereocenters. The minimum Gasteiger partial charge on any atom is -0.497 e. The highest BCUT2D eigenvalue weighted by Gasteiger charge is 2.07. The normalized spacial score (nSPS) is 11.4. The highest BCUT2D eigenvalue weighted by Crippen LogP contribution is 2.28. The molecule has 0 radical (unpaired) electrons. The van der Waals surface area contributed by atoms with Gasteiger partial charge in [0.1, 0.15) is 11.5 Å². The minimum atomic E-state index is 0.268. The number of benzene rings is 1. The van der Waals surface area contributed by atoms with Crippen molar-refractivity contribution in [3.05, 3.63) is 34.6 Å². The standard InChI is InChI=1S/C14H18BrN5O2/c1-20-8-10(15)12(19-20)7-17-14(16)18-11-6-9(21-2)4-5-13(11)22-3/h4-6,8H,7H2,1-3H3,(H3,16,17,18). The lowest BCUT2D eigenvalue weighted by atomic mass is 10.2. The van der Waals surface area contributed by atoms with Gasteiger partial charge in [0.25, 0.3) is 0 Å². The molecular weight excluding hydrogens is 350 g/mol. The van der Waals surface area contributed by atoms with Crippen LogP contribution in [0.15, 0.2) is 33.9 Å². The summed E-state index contributed by atoms with van der Waals surface area (Å²) in [5.41, 5.74) is 7.41. The first-order valence-corrected chi connectivity index (χ1v) is 7.29. The number of nitrogens with zero attached hydrogens (tertiary/aromatic N) is 3. The molecule has 2 aromatic rings. The van der Waals surface area contributed by atoms with Gasteiger partial charge in [0.15, 0.2) is 5.96 Å². The molecule has 1 aromatic heterocycles. The number of halogens is 1. The quantitative estimate of drug-likeness (QED) is 0.624. The van der Waals surface area contributed by atoms with Crippen LogP contribution >= 0.6 is 15.9 Å². The molecule has 0 saturated heterocycles. The van der Waals surface area contributed by atoms with Crippen molar-refractivity contribution >= 4 is 27.6 Å². The van der Waals surface area contributed by atoms with Crippen molar-refractivity contribution in [1.29, 1.82) is 0 Å². The van der Waals surface area contributed by atoms with E-state index >= 15 is 0 Å². The lowest BCUT2D eigenvalue weighted by Crippen LogP contribution is -2.23. The predicted octanol–water partition coefficient (Wildman–Crippen LogP) is 2.13. The summed E-state index contributed by atoms with van der Waals surface area (Å²) in [6.07, 6.45) is 1.86. The molecule has 0 fully saturated rings. The topological polar surface area (TPSA) is 86.7 Å². The summed E-state index contributed by atoms with van der Waals surface area (Å²) in [7, 11) is 5.04. The van der Waals surface area contributed by atoms with E-state index in [1.807, 2.05) is 19.3 Å². The van der Waals surface area contributed by atoms with Gasteiger partial charge in [-0.25, -0.2) is 4.99 Å². The molecule has 3 N–H and O–H groups in total. The van der Waals surface area contributed by atoms with Crippen molar-refractivity contribution < 1.29 is 9.47 Å². The predicted molar refractivity (Wildman–Crippen MR) is 89.4 cm³/mol. The molecule has 7 nitrogen and oxygen atoms in total. The fraction of sp³-hybridized carbons (Fsp3) is 0.286. The van der Waals surface area contributed by atoms with E-state index in [2.05, 4.69) is 31.3 Å². The van der Waals surface area contributed by atoms with Gasteiger partial charge in [-0.2, -0.15) is 5.10 Å². The highest BCUT2D eigenvalue weighted by atomic mass is 79.9. The van der Waals surface area contributed by atoms with Crippen molar-refractivity contribution in [2.24, 2.45) is 17.8 Å². The first-order chi connectivity index (χ1) is 10.5. The summed E-state index contributed by atoms with van der Waals surface area (Å²) < 4.78 is 13.1. The second kappa shape index (κ2) is 7.17. The third-order valence-corrected chi connectivity index (χ3v) is 3.59. The van der Waals surface area contributed by atoms with Crippen molar-refractivity contribution in [3.63, 3.8) is 0 Å². The first kappa shape index (κ1) is 16.2. The molecule has 0 saturated carbocycles. The van der Waals surface area contributed by atoms with E-state index in [0.29, 0.717) is 23.7 Å². The summed E-state index contributed by atoms with van der Waals surface area (Å²) in [4.78, 5) is 4.28. The van der Waals surface area contributed by atoms with Gasteiger partial charge in [0.2, 0.25) is 0 Å². The number of anilines is 1. The van der Waals surface area contributed by atoms with E-state index in [0.717, 1.165) is 10.2 Å². The SMILES string of the molecule is COc1ccc(OC)c(NC(N)=NCc2nn(C)cc2Br)c1. The number of guanidine groups is 1. The lowest BCUT2D eigenvalue weighted by molar-refractivity contribution is 0.405. The Morgan fingerprint density at radius 1 is 1.41 bits per heavy atom. The van der Waals surface area contributed by atoms with E-state index in [4.69, 9.17) is 15.2 Å². The number of nitrogens with two attached hydrogens (primary N) is 1. The van der Waals surface area contributed by atoms with Crippen LogP contribution in [0.25, 0.3) is 0 Å². The minimum absolute atomic E-state index is 0.268. The molecule has 0 aliphatic rings. The molecule has 1 aromatic carbocycles. The Bertz CT molecular complexity index is 684. The van der Waals surface area contributed by atoms with E-state index in [1.54, 1.807) is 31.0 Å². The number of nitrogens with one attached hydrogen (secondary N) is 1. The third-order valence-electron chi connectivity index (χ3n) is 2.92. The van der Waals surface area contributed by atoms with Crippen molar-refractivity contribution in [3.8, 4) is 11.5 Å². The Hall–Kier alpha value is -2.22. The van der Waals surface area contributed by atoms with E-state index in [9.17, 15) is 0 Å². The lowest BCUT2D eigenvalue weighted by Gasteiger charge is -2.12. The maximum absolute atomic E-state index is 5.92. The molecule has 0 atom stereocenters. The Morgan fingerprint density at radius 2 is 2.18 bits per heavy atom. The number of rotatable bonds is 5. The molecule has 0 aliphatic carbocycles. The fourth-order valence-electron chi connectivity index (χ4n) is 1.86. The third kappa shape index (κ3) is 3.91. The van der Waals surface area contributed by atoms with Gasteiger partial charge in [-0.05, 0) is 28.1 Å². The Labute approximate surface area is 137 Å². The van der Waals surface area contributed by atoms with E-state index in [-0.39, 0.29) is 5.96 Å². The second-order valence-electron chi connectivity index (χ2n) is 4.49. The van der Waals surface area contributed by atoms with Crippen molar-refractivity contribution in [2.45, 2.75) is 6.54 Å². The summed E-state index contributed by atoms with van der Waals surface area (Å²) >= 11 is 3.43. The van der Waals surface area contributed by atoms with Crippen LogP contribution in [-0.4, -0.2) is 30.0 Å². The van der Waals surface area contributed by atoms with Crippen LogP contribution in [0.2, 0.25) is 0 Å². The molecule has 22 heavy (non-hydrogen) atoms. The molecule has 118 valence electrons. The average molecular weight is 368 g/mol. The largest absolute Gasteiger partial charge is 0.497 e. The van der Waals surface area contributed by atoms with Crippen LogP contribution in [-0.2, 0) is 13.6 Å². The maximum Gasteiger partial charge on any atom is 0.193 e.